The molecule has 0 aliphatic carbocycles. The van der Waals surface area contributed by atoms with Crippen molar-refractivity contribution in [3.05, 3.63) is 34.6 Å². The first-order chi connectivity index (χ1) is 6.69. The molecule has 0 radical (unpaired) electrons. The van der Waals surface area contributed by atoms with Crippen molar-refractivity contribution in [1.29, 1.82) is 0 Å². The van der Waals surface area contributed by atoms with Crippen LogP contribution >= 0.6 is 11.6 Å². The molecule has 0 saturated heterocycles. The van der Waals surface area contributed by atoms with Crippen molar-refractivity contribution in [1.82, 2.24) is 0 Å². The Labute approximate surface area is 87.5 Å². The maximum Gasteiger partial charge on any atom is 0.141 e. The highest BCUT2D eigenvalue weighted by molar-refractivity contribution is 6.30. The lowest BCUT2D eigenvalue weighted by atomic mass is 9.97. The van der Waals surface area contributed by atoms with Crippen LogP contribution in [0, 0.1) is 5.82 Å². The van der Waals surface area contributed by atoms with E-state index in [1.54, 1.807) is 6.07 Å². The Hall–Kier alpha value is -0.640. The fourth-order valence-electron chi connectivity index (χ4n) is 1.33. The Morgan fingerprint density at radius 3 is 2.71 bits per heavy atom. The number of nitrogens with two attached hydrogens (primary N) is 1. The van der Waals surface area contributed by atoms with Crippen molar-refractivity contribution >= 4 is 11.6 Å². The van der Waals surface area contributed by atoms with Gasteiger partial charge in [0, 0.05) is 12.5 Å². The molecule has 78 valence electrons. The smallest absolute Gasteiger partial charge is 0.141 e. The molecule has 4 heteroatoms. The Morgan fingerprint density at radius 2 is 2.21 bits per heavy atom. The van der Waals surface area contributed by atoms with Gasteiger partial charge in [-0.3, -0.25) is 0 Å². The number of aliphatic hydroxyl groups is 1. The van der Waals surface area contributed by atoms with Crippen molar-refractivity contribution in [2.45, 2.75) is 12.3 Å². The second-order valence-electron chi connectivity index (χ2n) is 3.13. The molecule has 0 fully saturated rings. The molecule has 1 unspecified atom stereocenters. The maximum absolute atomic E-state index is 12.8. The molecular formula is C10H13ClFNO. The number of aliphatic hydroxyl groups excluding tert-OH is 1. The van der Waals surface area contributed by atoms with Gasteiger partial charge in [-0.25, -0.2) is 4.39 Å². The average Bonchev–Trinajstić information content (AvgIpc) is 2.19. The summed E-state index contributed by atoms with van der Waals surface area (Å²) in [4.78, 5) is 0. The van der Waals surface area contributed by atoms with Crippen molar-refractivity contribution in [3.63, 3.8) is 0 Å². The maximum atomic E-state index is 12.8. The highest BCUT2D eigenvalue weighted by Gasteiger charge is 2.11. The zero-order chi connectivity index (χ0) is 10.6. The average molecular weight is 218 g/mol. The van der Waals surface area contributed by atoms with E-state index in [9.17, 15) is 4.39 Å². The third-order valence-electron chi connectivity index (χ3n) is 2.15. The predicted octanol–water partition coefficient (Wildman–Crippen LogP) is 1.90. The lowest BCUT2D eigenvalue weighted by Gasteiger charge is -2.13. The summed E-state index contributed by atoms with van der Waals surface area (Å²) in [5.74, 6) is -0.502. The van der Waals surface area contributed by atoms with E-state index in [1.165, 1.54) is 12.1 Å². The van der Waals surface area contributed by atoms with Crippen LogP contribution in [0.15, 0.2) is 18.2 Å². The van der Waals surface area contributed by atoms with Crippen LogP contribution in [-0.4, -0.2) is 18.3 Å². The SMILES string of the molecule is NCCC(CO)c1ccc(F)c(Cl)c1. The molecule has 0 aliphatic heterocycles. The number of halogens is 2. The van der Waals surface area contributed by atoms with Gasteiger partial charge in [0.2, 0.25) is 0 Å². The topological polar surface area (TPSA) is 46.2 Å². The molecule has 0 aliphatic rings. The summed E-state index contributed by atoms with van der Waals surface area (Å²) in [5, 5.41) is 9.16. The second-order valence-corrected chi connectivity index (χ2v) is 3.54. The molecule has 0 bridgehead atoms. The summed E-state index contributed by atoms with van der Waals surface area (Å²) in [6.45, 7) is 0.485. The van der Waals surface area contributed by atoms with E-state index in [2.05, 4.69) is 0 Å². The Balaban J connectivity index is 2.88. The molecule has 0 spiro atoms. The highest BCUT2D eigenvalue weighted by atomic mass is 35.5. The van der Waals surface area contributed by atoms with Crippen LogP contribution in [0.2, 0.25) is 5.02 Å². The van der Waals surface area contributed by atoms with E-state index >= 15 is 0 Å². The molecule has 2 nitrogen and oxygen atoms in total. The first-order valence-electron chi connectivity index (χ1n) is 4.45. The standard InChI is InChI=1S/C10H13ClFNO/c11-9-5-7(1-2-10(9)12)8(6-14)3-4-13/h1-2,5,8,14H,3-4,6,13H2. The molecular weight excluding hydrogens is 205 g/mol. The van der Waals surface area contributed by atoms with E-state index < -0.39 is 5.82 Å². The number of hydrogen-bond acceptors (Lipinski definition) is 2. The highest BCUT2D eigenvalue weighted by Crippen LogP contribution is 2.23. The van der Waals surface area contributed by atoms with Crippen LogP contribution < -0.4 is 5.73 Å². The number of rotatable bonds is 4. The molecule has 0 heterocycles. The van der Waals surface area contributed by atoms with Crippen LogP contribution in [0.1, 0.15) is 17.9 Å². The lowest BCUT2D eigenvalue weighted by molar-refractivity contribution is 0.260. The fourth-order valence-corrected chi connectivity index (χ4v) is 1.52. The molecule has 1 aromatic rings. The molecule has 1 atom stereocenters. The van der Waals surface area contributed by atoms with E-state index in [1.807, 2.05) is 0 Å². The summed E-state index contributed by atoms with van der Waals surface area (Å²) in [6, 6.07) is 4.46. The van der Waals surface area contributed by atoms with Crippen LogP contribution in [0.4, 0.5) is 4.39 Å². The Bertz CT molecular complexity index is 306. The monoisotopic (exact) mass is 217 g/mol. The van der Waals surface area contributed by atoms with Gasteiger partial charge in [-0.2, -0.15) is 0 Å². The molecule has 1 aromatic carbocycles. The first-order valence-corrected chi connectivity index (χ1v) is 4.82. The number of benzene rings is 1. The van der Waals surface area contributed by atoms with Gasteiger partial charge < -0.3 is 10.8 Å². The van der Waals surface area contributed by atoms with Gasteiger partial charge in [0.25, 0.3) is 0 Å². The molecule has 14 heavy (non-hydrogen) atoms. The zero-order valence-electron chi connectivity index (χ0n) is 7.71. The molecule has 3 N–H and O–H groups in total. The van der Waals surface area contributed by atoms with Gasteiger partial charge >= 0.3 is 0 Å². The number of hydrogen-bond donors (Lipinski definition) is 2. The molecule has 1 rings (SSSR count). The minimum absolute atomic E-state index is 0.000832. The Kier molecular flexibility index (Phi) is 4.32. The minimum Gasteiger partial charge on any atom is -0.396 e. The predicted molar refractivity (Wildman–Crippen MR) is 54.9 cm³/mol. The van der Waals surface area contributed by atoms with Gasteiger partial charge in [-0.05, 0) is 30.7 Å². The largest absolute Gasteiger partial charge is 0.396 e. The zero-order valence-corrected chi connectivity index (χ0v) is 8.47. The van der Waals surface area contributed by atoms with E-state index in [4.69, 9.17) is 22.4 Å². The third-order valence-corrected chi connectivity index (χ3v) is 2.44. The van der Waals surface area contributed by atoms with Crippen molar-refractivity contribution in [2.24, 2.45) is 5.73 Å². The van der Waals surface area contributed by atoms with Crippen molar-refractivity contribution in [2.75, 3.05) is 13.2 Å². The molecule has 0 aromatic heterocycles. The van der Waals surface area contributed by atoms with E-state index in [-0.39, 0.29) is 17.5 Å². The van der Waals surface area contributed by atoms with Crippen LogP contribution in [0.25, 0.3) is 0 Å². The van der Waals surface area contributed by atoms with Crippen molar-refractivity contribution < 1.29 is 9.50 Å². The van der Waals surface area contributed by atoms with Crippen molar-refractivity contribution in [3.8, 4) is 0 Å². The third kappa shape index (κ3) is 2.67. The minimum atomic E-state index is -0.445. The molecule has 0 saturated carbocycles. The summed E-state index contributed by atoms with van der Waals surface area (Å²) in [7, 11) is 0. The quantitative estimate of drug-likeness (QED) is 0.809. The first kappa shape index (κ1) is 11.4. The summed E-state index contributed by atoms with van der Waals surface area (Å²) in [6.07, 6.45) is 0.665. The summed E-state index contributed by atoms with van der Waals surface area (Å²) >= 11 is 5.63. The fraction of sp³-hybridized carbons (Fsp3) is 0.400. The van der Waals surface area contributed by atoms with E-state index in [0.29, 0.717) is 13.0 Å². The van der Waals surface area contributed by atoms with Crippen LogP contribution in [-0.2, 0) is 0 Å². The second kappa shape index (κ2) is 5.29. The van der Waals surface area contributed by atoms with Gasteiger partial charge in [-0.15, -0.1) is 0 Å². The van der Waals surface area contributed by atoms with Gasteiger partial charge in [0.05, 0.1) is 5.02 Å². The van der Waals surface area contributed by atoms with Gasteiger partial charge in [0.15, 0.2) is 0 Å². The van der Waals surface area contributed by atoms with Crippen LogP contribution in [0.3, 0.4) is 0 Å². The lowest BCUT2D eigenvalue weighted by Crippen LogP contribution is -2.10. The van der Waals surface area contributed by atoms with E-state index in [0.717, 1.165) is 5.56 Å². The van der Waals surface area contributed by atoms with Crippen LogP contribution in [0.5, 0.6) is 0 Å². The summed E-state index contributed by atoms with van der Waals surface area (Å²) in [5.41, 5.74) is 6.22. The van der Waals surface area contributed by atoms with Gasteiger partial charge in [0.1, 0.15) is 5.82 Å². The normalized spacial score (nSPS) is 12.9. The summed E-state index contributed by atoms with van der Waals surface area (Å²) < 4.78 is 12.8. The Morgan fingerprint density at radius 1 is 1.50 bits per heavy atom. The molecule has 0 amide bonds. The van der Waals surface area contributed by atoms with Gasteiger partial charge in [-0.1, -0.05) is 17.7 Å².